The molecule has 1 aromatic heterocycles. The Kier molecular flexibility index (Phi) is 7.22. The molecule has 0 fully saturated rings. The molecular formula is C27H24FN3O3. The Hall–Kier alpha value is -4.13. The molecule has 34 heavy (non-hydrogen) atoms. The summed E-state index contributed by atoms with van der Waals surface area (Å²) in [5, 5.41) is 11.7. The van der Waals surface area contributed by atoms with Crippen LogP contribution in [0.5, 0.6) is 0 Å². The molecule has 0 aliphatic rings. The fourth-order valence-electron chi connectivity index (χ4n) is 3.69. The zero-order valence-electron chi connectivity index (χ0n) is 18.5. The zero-order valence-corrected chi connectivity index (χ0v) is 18.5. The molecule has 3 aromatic carbocycles. The van der Waals surface area contributed by atoms with Gasteiger partial charge in [0, 0.05) is 24.1 Å². The van der Waals surface area contributed by atoms with Crippen molar-refractivity contribution in [2.45, 2.75) is 32.2 Å². The van der Waals surface area contributed by atoms with Gasteiger partial charge in [-0.2, -0.15) is 0 Å². The molecule has 0 bridgehead atoms. The van der Waals surface area contributed by atoms with Crippen molar-refractivity contribution in [3.8, 4) is 11.3 Å². The topological polar surface area (TPSA) is 92.2 Å². The number of unbranched alkanes of at least 4 members (excludes halogenated alkanes) is 1. The fraction of sp³-hybridized carbons (Fsp3) is 0.185. The van der Waals surface area contributed by atoms with E-state index in [1.54, 1.807) is 30.3 Å². The summed E-state index contributed by atoms with van der Waals surface area (Å²) in [5.74, 6) is -1.39. The maximum absolute atomic E-state index is 13.1. The highest BCUT2D eigenvalue weighted by molar-refractivity contribution is 5.97. The van der Waals surface area contributed by atoms with Crippen LogP contribution in [0.3, 0.4) is 0 Å². The van der Waals surface area contributed by atoms with E-state index >= 15 is 0 Å². The van der Waals surface area contributed by atoms with Gasteiger partial charge >= 0.3 is 5.97 Å². The van der Waals surface area contributed by atoms with E-state index in [1.807, 2.05) is 30.3 Å². The van der Waals surface area contributed by atoms with Crippen molar-refractivity contribution in [2.24, 2.45) is 0 Å². The number of rotatable bonds is 9. The number of aryl methyl sites for hydroxylation is 1. The normalized spacial score (nSPS) is 10.9. The monoisotopic (exact) mass is 457 g/mol. The second-order valence-corrected chi connectivity index (χ2v) is 8.00. The number of hydrogen-bond donors (Lipinski definition) is 2. The Bertz CT molecular complexity index is 1310. The van der Waals surface area contributed by atoms with Crippen LogP contribution in [0, 0.1) is 5.82 Å². The van der Waals surface area contributed by atoms with E-state index in [0.29, 0.717) is 35.9 Å². The van der Waals surface area contributed by atoms with Crippen LogP contribution in [0.25, 0.3) is 22.3 Å². The lowest BCUT2D eigenvalue weighted by atomic mass is 10.0. The molecule has 0 saturated carbocycles. The molecule has 172 valence electrons. The second kappa shape index (κ2) is 10.7. The summed E-state index contributed by atoms with van der Waals surface area (Å²) in [5.41, 5.74) is 4.97. The quantitative estimate of drug-likeness (QED) is 0.339. The number of amides is 1. The van der Waals surface area contributed by atoms with E-state index in [0.717, 1.165) is 22.5 Å². The zero-order chi connectivity index (χ0) is 23.9. The Balaban J connectivity index is 1.58. The first-order valence-electron chi connectivity index (χ1n) is 11.1. The minimum Gasteiger partial charge on any atom is -0.481 e. The van der Waals surface area contributed by atoms with E-state index < -0.39 is 5.97 Å². The molecule has 1 heterocycles. The largest absolute Gasteiger partial charge is 0.481 e. The average Bonchev–Trinajstić information content (AvgIpc) is 2.85. The predicted octanol–water partition coefficient (Wildman–Crippen LogP) is 5.16. The summed E-state index contributed by atoms with van der Waals surface area (Å²) < 4.78 is 13.1. The van der Waals surface area contributed by atoms with Crippen LogP contribution < -0.4 is 5.32 Å². The third-order valence-corrected chi connectivity index (χ3v) is 5.47. The third-order valence-electron chi connectivity index (χ3n) is 5.47. The van der Waals surface area contributed by atoms with Crippen molar-refractivity contribution in [1.82, 2.24) is 15.3 Å². The first-order valence-corrected chi connectivity index (χ1v) is 11.1. The molecule has 0 atom stereocenters. The maximum Gasteiger partial charge on any atom is 0.303 e. The van der Waals surface area contributed by atoms with Gasteiger partial charge in [-0.3, -0.25) is 9.59 Å². The minimum atomic E-state index is -0.807. The molecule has 0 spiro atoms. The highest BCUT2D eigenvalue weighted by Gasteiger charge is 2.14. The van der Waals surface area contributed by atoms with Gasteiger partial charge < -0.3 is 10.4 Å². The minimum absolute atomic E-state index is 0.123. The molecule has 0 aliphatic heterocycles. The summed E-state index contributed by atoms with van der Waals surface area (Å²) in [6, 6.07) is 20.8. The Morgan fingerprint density at radius 1 is 0.882 bits per heavy atom. The predicted molar refractivity (Wildman–Crippen MR) is 128 cm³/mol. The van der Waals surface area contributed by atoms with Gasteiger partial charge in [-0.25, -0.2) is 14.4 Å². The van der Waals surface area contributed by atoms with Gasteiger partial charge in [-0.15, -0.1) is 0 Å². The Labute approximate surface area is 196 Å². The van der Waals surface area contributed by atoms with E-state index in [9.17, 15) is 14.0 Å². The second-order valence-electron chi connectivity index (χ2n) is 8.00. The molecule has 7 heteroatoms. The highest BCUT2D eigenvalue weighted by atomic mass is 19.1. The summed E-state index contributed by atoms with van der Waals surface area (Å²) in [4.78, 5) is 33.1. The molecule has 0 saturated heterocycles. The van der Waals surface area contributed by atoms with Crippen LogP contribution in [0.4, 0.5) is 4.39 Å². The molecule has 2 N–H and O–H groups in total. The van der Waals surface area contributed by atoms with Crippen LogP contribution in [0.15, 0.2) is 72.8 Å². The SMILES string of the molecule is O=C(O)CCCCc1nc2ccc(C(=O)NCc3ccc(F)cc3)cc2nc1-c1ccccc1. The molecule has 0 aliphatic carbocycles. The molecule has 4 aromatic rings. The smallest absolute Gasteiger partial charge is 0.303 e. The van der Waals surface area contributed by atoms with Gasteiger partial charge in [-0.05, 0) is 55.2 Å². The van der Waals surface area contributed by atoms with E-state index in [4.69, 9.17) is 15.1 Å². The lowest BCUT2D eigenvalue weighted by Crippen LogP contribution is -2.22. The Morgan fingerprint density at radius 3 is 2.38 bits per heavy atom. The number of halogens is 1. The van der Waals surface area contributed by atoms with E-state index in [2.05, 4.69) is 5.32 Å². The number of hydrogen-bond acceptors (Lipinski definition) is 4. The van der Waals surface area contributed by atoms with Crippen LogP contribution in [-0.4, -0.2) is 27.0 Å². The van der Waals surface area contributed by atoms with Gasteiger partial charge in [-0.1, -0.05) is 42.5 Å². The van der Waals surface area contributed by atoms with Crippen LogP contribution in [0.1, 0.15) is 40.9 Å². The van der Waals surface area contributed by atoms with Crippen LogP contribution in [0.2, 0.25) is 0 Å². The number of nitrogens with zero attached hydrogens (tertiary/aromatic N) is 2. The van der Waals surface area contributed by atoms with Crippen LogP contribution >= 0.6 is 0 Å². The number of benzene rings is 3. The van der Waals surface area contributed by atoms with Crippen LogP contribution in [-0.2, 0) is 17.8 Å². The number of carboxylic acids is 1. The number of carboxylic acid groups (broad SMARTS) is 1. The number of carbonyl (C=O) groups excluding carboxylic acids is 1. The third kappa shape index (κ3) is 5.81. The summed E-state index contributed by atoms with van der Waals surface area (Å²) in [7, 11) is 0. The molecule has 0 unspecified atom stereocenters. The van der Waals surface area contributed by atoms with Gasteiger partial charge in [0.25, 0.3) is 5.91 Å². The number of nitrogens with one attached hydrogen (secondary N) is 1. The molecule has 0 radical (unpaired) electrons. The standard InChI is InChI=1S/C27H24FN3O3/c28-21-13-10-18(11-14-21)17-29-27(34)20-12-15-22-24(16-20)31-26(19-6-2-1-3-7-19)23(30-22)8-4-5-9-25(32)33/h1-3,6-7,10-16H,4-5,8-9,17H2,(H,29,34)(H,32,33). The molecule has 4 rings (SSSR count). The summed E-state index contributed by atoms with van der Waals surface area (Å²) in [6.07, 6.45) is 1.99. The Morgan fingerprint density at radius 2 is 1.65 bits per heavy atom. The molecular weight excluding hydrogens is 433 g/mol. The lowest BCUT2D eigenvalue weighted by molar-refractivity contribution is -0.137. The van der Waals surface area contributed by atoms with E-state index in [-0.39, 0.29) is 24.7 Å². The van der Waals surface area contributed by atoms with E-state index in [1.165, 1.54) is 12.1 Å². The van der Waals surface area contributed by atoms with Gasteiger partial charge in [0.1, 0.15) is 5.82 Å². The fourth-order valence-corrected chi connectivity index (χ4v) is 3.69. The van der Waals surface area contributed by atoms with Crippen molar-refractivity contribution in [1.29, 1.82) is 0 Å². The van der Waals surface area contributed by atoms with Gasteiger partial charge in [0.15, 0.2) is 0 Å². The van der Waals surface area contributed by atoms with Crippen molar-refractivity contribution >= 4 is 22.9 Å². The summed E-state index contributed by atoms with van der Waals surface area (Å²) in [6.45, 7) is 0.285. The van der Waals surface area contributed by atoms with Crippen molar-refractivity contribution in [3.63, 3.8) is 0 Å². The molecule has 1 amide bonds. The lowest BCUT2D eigenvalue weighted by Gasteiger charge is -2.11. The highest BCUT2D eigenvalue weighted by Crippen LogP contribution is 2.25. The van der Waals surface area contributed by atoms with Crippen molar-refractivity contribution in [3.05, 3.63) is 95.4 Å². The number of aliphatic carboxylic acids is 1. The molecule has 6 nitrogen and oxygen atoms in total. The number of aromatic nitrogens is 2. The first kappa shape index (κ1) is 23.0. The van der Waals surface area contributed by atoms with Crippen molar-refractivity contribution < 1.29 is 19.1 Å². The number of carbonyl (C=O) groups is 2. The summed E-state index contributed by atoms with van der Waals surface area (Å²) >= 11 is 0. The van der Waals surface area contributed by atoms with Gasteiger partial charge in [0.05, 0.1) is 22.4 Å². The number of fused-ring (bicyclic) bond motifs is 1. The average molecular weight is 458 g/mol. The first-order chi connectivity index (χ1) is 16.5. The van der Waals surface area contributed by atoms with Crippen molar-refractivity contribution in [2.75, 3.05) is 0 Å². The maximum atomic E-state index is 13.1. The van der Waals surface area contributed by atoms with Gasteiger partial charge in [0.2, 0.25) is 0 Å².